The van der Waals surface area contributed by atoms with Crippen LogP contribution in [0.4, 0.5) is 5.82 Å². The minimum absolute atomic E-state index is 0.312. The molecule has 0 radical (unpaired) electrons. The molecule has 4 heteroatoms. The largest absolute Gasteiger partial charge is 0.308 e. The fourth-order valence-electron chi connectivity index (χ4n) is 2.54. The fraction of sp³-hybridized carbons (Fsp3) is 0.733. The van der Waals surface area contributed by atoms with Gasteiger partial charge in [-0.3, -0.25) is 0 Å². The number of hydrazine groups is 1. The Balaban J connectivity index is 2.24. The van der Waals surface area contributed by atoms with Crippen LogP contribution >= 0.6 is 0 Å². The Morgan fingerprint density at radius 2 is 1.84 bits per heavy atom. The second-order valence-corrected chi connectivity index (χ2v) is 6.68. The van der Waals surface area contributed by atoms with Gasteiger partial charge in [0.2, 0.25) is 0 Å². The van der Waals surface area contributed by atoms with Crippen molar-refractivity contribution >= 4 is 5.82 Å². The standard InChI is InChI=1S/C15H26N4/c1-15(2,3)10-9-13-17-12-8-6-4-5-7-11(12)14(18-13)19-16/h4-10,16H2,1-3H3,(H,17,18,19). The van der Waals surface area contributed by atoms with Gasteiger partial charge in [0.05, 0.1) is 0 Å². The molecule has 4 nitrogen and oxygen atoms in total. The highest BCUT2D eigenvalue weighted by atomic mass is 15.3. The van der Waals surface area contributed by atoms with Crippen LogP contribution < -0.4 is 11.3 Å². The number of hydrogen-bond donors (Lipinski definition) is 2. The molecule has 1 aromatic heterocycles. The van der Waals surface area contributed by atoms with Gasteiger partial charge in [0.25, 0.3) is 0 Å². The first-order valence-electron chi connectivity index (χ1n) is 7.35. The number of fused-ring (bicyclic) bond motifs is 1. The topological polar surface area (TPSA) is 63.8 Å². The second kappa shape index (κ2) is 5.87. The first-order chi connectivity index (χ1) is 8.99. The fourth-order valence-corrected chi connectivity index (χ4v) is 2.54. The summed E-state index contributed by atoms with van der Waals surface area (Å²) in [5.41, 5.74) is 5.53. The van der Waals surface area contributed by atoms with Gasteiger partial charge < -0.3 is 5.43 Å². The van der Waals surface area contributed by atoms with Gasteiger partial charge in [-0.05, 0) is 37.5 Å². The van der Waals surface area contributed by atoms with Crippen molar-refractivity contribution in [3.63, 3.8) is 0 Å². The third-order valence-electron chi connectivity index (χ3n) is 3.71. The summed E-state index contributed by atoms with van der Waals surface area (Å²) in [6.45, 7) is 6.75. The molecule has 0 amide bonds. The Kier molecular flexibility index (Phi) is 4.40. The van der Waals surface area contributed by atoms with Crippen molar-refractivity contribution in [3.8, 4) is 0 Å². The molecule has 0 saturated carbocycles. The van der Waals surface area contributed by atoms with Gasteiger partial charge in [0, 0.05) is 17.7 Å². The average Bonchev–Trinajstić information content (AvgIpc) is 2.59. The van der Waals surface area contributed by atoms with Gasteiger partial charge in [-0.2, -0.15) is 0 Å². The monoisotopic (exact) mass is 262 g/mol. The van der Waals surface area contributed by atoms with E-state index in [2.05, 4.69) is 31.2 Å². The summed E-state index contributed by atoms with van der Waals surface area (Å²) in [6, 6.07) is 0. The molecule has 19 heavy (non-hydrogen) atoms. The van der Waals surface area contributed by atoms with Crippen molar-refractivity contribution in [1.82, 2.24) is 9.97 Å². The van der Waals surface area contributed by atoms with E-state index in [0.29, 0.717) is 5.41 Å². The second-order valence-electron chi connectivity index (χ2n) is 6.68. The van der Waals surface area contributed by atoms with Crippen LogP contribution in [0.5, 0.6) is 0 Å². The van der Waals surface area contributed by atoms with Gasteiger partial charge in [-0.25, -0.2) is 15.8 Å². The van der Waals surface area contributed by atoms with E-state index in [4.69, 9.17) is 10.8 Å². The Hall–Kier alpha value is -1.16. The van der Waals surface area contributed by atoms with Crippen molar-refractivity contribution in [2.45, 2.75) is 65.7 Å². The smallest absolute Gasteiger partial charge is 0.147 e. The number of aromatic nitrogens is 2. The molecule has 0 unspecified atom stereocenters. The number of nitrogen functional groups attached to an aromatic ring is 1. The van der Waals surface area contributed by atoms with Crippen molar-refractivity contribution in [2.24, 2.45) is 11.3 Å². The van der Waals surface area contributed by atoms with Crippen LogP contribution in [0.3, 0.4) is 0 Å². The minimum Gasteiger partial charge on any atom is -0.308 e. The Morgan fingerprint density at radius 1 is 1.11 bits per heavy atom. The van der Waals surface area contributed by atoms with Crippen molar-refractivity contribution in [1.29, 1.82) is 0 Å². The predicted octanol–water partition coefficient (Wildman–Crippen LogP) is 3.01. The number of hydrogen-bond acceptors (Lipinski definition) is 4. The average molecular weight is 262 g/mol. The van der Waals surface area contributed by atoms with E-state index in [1.165, 1.54) is 30.5 Å². The first kappa shape index (κ1) is 14.3. The van der Waals surface area contributed by atoms with Crippen molar-refractivity contribution in [2.75, 3.05) is 5.43 Å². The lowest BCUT2D eigenvalue weighted by molar-refractivity contribution is 0.374. The lowest BCUT2D eigenvalue weighted by atomic mass is 9.90. The maximum Gasteiger partial charge on any atom is 0.147 e. The zero-order valence-corrected chi connectivity index (χ0v) is 12.4. The number of nitrogens with one attached hydrogen (secondary N) is 1. The SMILES string of the molecule is CC(C)(C)CCc1nc2c(c(NN)n1)CCCCC2. The highest BCUT2D eigenvalue weighted by Crippen LogP contribution is 2.26. The van der Waals surface area contributed by atoms with E-state index in [1.807, 2.05) is 0 Å². The predicted molar refractivity (Wildman–Crippen MR) is 78.9 cm³/mol. The molecule has 0 atom stereocenters. The summed E-state index contributed by atoms with van der Waals surface area (Å²) >= 11 is 0. The summed E-state index contributed by atoms with van der Waals surface area (Å²) in [6.07, 6.45) is 7.85. The van der Waals surface area contributed by atoms with E-state index in [-0.39, 0.29) is 0 Å². The minimum atomic E-state index is 0.312. The lowest BCUT2D eigenvalue weighted by Crippen LogP contribution is -2.16. The van der Waals surface area contributed by atoms with Gasteiger partial charge in [0.15, 0.2) is 0 Å². The zero-order valence-electron chi connectivity index (χ0n) is 12.4. The molecule has 1 aliphatic rings. The summed E-state index contributed by atoms with van der Waals surface area (Å²) in [5, 5.41) is 0. The number of aryl methyl sites for hydroxylation is 2. The van der Waals surface area contributed by atoms with Gasteiger partial charge >= 0.3 is 0 Å². The van der Waals surface area contributed by atoms with Crippen LogP contribution in [0.1, 0.15) is 63.5 Å². The number of rotatable bonds is 3. The molecular formula is C15H26N4. The van der Waals surface area contributed by atoms with Crippen LogP contribution in [0.25, 0.3) is 0 Å². The molecule has 0 saturated heterocycles. The Bertz CT molecular complexity index is 435. The van der Waals surface area contributed by atoms with E-state index in [0.717, 1.165) is 37.3 Å². The number of nitrogens with zero attached hydrogens (tertiary/aromatic N) is 2. The molecule has 3 N–H and O–H groups in total. The number of nitrogens with two attached hydrogens (primary N) is 1. The van der Waals surface area contributed by atoms with Gasteiger partial charge in [-0.15, -0.1) is 0 Å². The molecule has 0 aromatic carbocycles. The van der Waals surface area contributed by atoms with E-state index < -0.39 is 0 Å². The van der Waals surface area contributed by atoms with Crippen LogP contribution in [0.15, 0.2) is 0 Å². The van der Waals surface area contributed by atoms with Crippen LogP contribution in [-0.2, 0) is 19.3 Å². The molecule has 0 bridgehead atoms. The van der Waals surface area contributed by atoms with Crippen molar-refractivity contribution < 1.29 is 0 Å². The summed E-state index contributed by atoms with van der Waals surface area (Å²) in [5.74, 6) is 7.41. The third-order valence-corrected chi connectivity index (χ3v) is 3.71. The molecule has 0 aliphatic heterocycles. The van der Waals surface area contributed by atoms with Gasteiger partial charge in [0.1, 0.15) is 11.6 Å². The Morgan fingerprint density at radius 3 is 2.53 bits per heavy atom. The Labute approximate surface area is 116 Å². The summed E-state index contributed by atoms with van der Waals surface area (Å²) < 4.78 is 0. The highest BCUT2D eigenvalue weighted by molar-refractivity contribution is 5.46. The molecular weight excluding hydrogens is 236 g/mol. The zero-order chi connectivity index (χ0) is 13.9. The maximum absolute atomic E-state index is 5.64. The maximum atomic E-state index is 5.64. The first-order valence-corrected chi connectivity index (χ1v) is 7.35. The van der Waals surface area contributed by atoms with E-state index >= 15 is 0 Å². The van der Waals surface area contributed by atoms with E-state index in [9.17, 15) is 0 Å². The van der Waals surface area contributed by atoms with Crippen LogP contribution in [-0.4, -0.2) is 9.97 Å². The summed E-state index contributed by atoms with van der Waals surface area (Å²) in [7, 11) is 0. The molecule has 2 rings (SSSR count). The molecule has 0 spiro atoms. The number of anilines is 1. The molecule has 106 valence electrons. The van der Waals surface area contributed by atoms with Crippen LogP contribution in [0, 0.1) is 5.41 Å². The molecule has 1 aromatic rings. The van der Waals surface area contributed by atoms with Crippen LogP contribution in [0.2, 0.25) is 0 Å². The highest BCUT2D eigenvalue weighted by Gasteiger charge is 2.17. The summed E-state index contributed by atoms with van der Waals surface area (Å²) in [4.78, 5) is 9.38. The normalized spacial score (nSPS) is 15.8. The molecule has 1 aliphatic carbocycles. The van der Waals surface area contributed by atoms with E-state index in [1.54, 1.807) is 0 Å². The molecule has 1 heterocycles. The quantitative estimate of drug-likeness (QED) is 0.499. The lowest BCUT2D eigenvalue weighted by Gasteiger charge is -2.18. The van der Waals surface area contributed by atoms with Crippen molar-refractivity contribution in [3.05, 3.63) is 17.1 Å². The third kappa shape index (κ3) is 3.90. The van der Waals surface area contributed by atoms with Gasteiger partial charge in [-0.1, -0.05) is 27.2 Å². The molecule has 0 fully saturated rings.